The molecule has 27 heavy (non-hydrogen) atoms. The molecule has 1 aliphatic rings. The Morgan fingerprint density at radius 1 is 1.26 bits per heavy atom. The molecule has 0 amide bonds. The first-order valence-corrected chi connectivity index (χ1v) is 10.6. The van der Waals surface area contributed by atoms with Crippen molar-refractivity contribution in [1.29, 1.82) is 0 Å². The van der Waals surface area contributed by atoms with Gasteiger partial charge in [0.15, 0.2) is 5.82 Å². The van der Waals surface area contributed by atoms with E-state index in [-0.39, 0.29) is 24.5 Å². The highest BCUT2D eigenvalue weighted by Crippen LogP contribution is 2.33. The summed E-state index contributed by atoms with van der Waals surface area (Å²) in [5.74, 6) is 0.164. The van der Waals surface area contributed by atoms with Gasteiger partial charge < -0.3 is 5.21 Å². The molecule has 1 N–H and O–H groups in total. The molecule has 0 aliphatic carbocycles. The van der Waals surface area contributed by atoms with Crippen molar-refractivity contribution in [1.82, 2.24) is 19.9 Å². The second-order valence-electron chi connectivity index (χ2n) is 5.83. The Morgan fingerprint density at radius 3 is 2.81 bits per heavy atom. The average molecular weight is 402 g/mol. The molecule has 0 fully saturated rings. The van der Waals surface area contributed by atoms with Crippen LogP contribution in [-0.2, 0) is 10.0 Å². The number of thiazole rings is 1. The summed E-state index contributed by atoms with van der Waals surface area (Å²) in [6.07, 6.45) is 7.95. The lowest BCUT2D eigenvalue weighted by Crippen LogP contribution is -2.38. The molecule has 0 aromatic carbocycles. The highest BCUT2D eigenvalue weighted by atomic mass is 32.2. The van der Waals surface area contributed by atoms with Crippen LogP contribution in [0.2, 0.25) is 0 Å². The maximum absolute atomic E-state index is 12.0. The summed E-state index contributed by atoms with van der Waals surface area (Å²) in [4.78, 5) is 18.0. The number of hydrogen-bond donors (Lipinski definition) is 1. The standard InChI is InChI=1S/C16H14N6O3S2/c1-27(24,25)22-6-4-11(21-23)14-15(22)18-8-12(20-14)13-9-19-16(26-13)10-3-2-5-17-7-10/h2-3,5,7-9,23H,4,6H2,1H3/b21-11+. The van der Waals surface area contributed by atoms with Gasteiger partial charge in [0.25, 0.3) is 0 Å². The lowest BCUT2D eigenvalue weighted by atomic mass is 10.1. The van der Waals surface area contributed by atoms with Crippen molar-refractivity contribution in [2.45, 2.75) is 6.42 Å². The van der Waals surface area contributed by atoms with Crippen LogP contribution < -0.4 is 4.31 Å². The molecule has 4 rings (SSSR count). The summed E-state index contributed by atoms with van der Waals surface area (Å²) >= 11 is 1.42. The number of pyridine rings is 1. The Balaban J connectivity index is 1.78. The van der Waals surface area contributed by atoms with Gasteiger partial charge in [-0.15, -0.1) is 11.3 Å². The fourth-order valence-corrected chi connectivity index (χ4v) is 4.48. The third-order valence-corrected chi connectivity index (χ3v) is 6.23. The van der Waals surface area contributed by atoms with Gasteiger partial charge in [-0.2, -0.15) is 0 Å². The highest BCUT2D eigenvalue weighted by Gasteiger charge is 2.31. The van der Waals surface area contributed by atoms with Crippen LogP contribution in [0.5, 0.6) is 0 Å². The Kier molecular flexibility index (Phi) is 4.32. The molecule has 0 radical (unpaired) electrons. The zero-order valence-electron chi connectivity index (χ0n) is 14.1. The van der Waals surface area contributed by atoms with Gasteiger partial charge in [-0.1, -0.05) is 5.16 Å². The summed E-state index contributed by atoms with van der Waals surface area (Å²) in [5.41, 5.74) is 1.97. The lowest BCUT2D eigenvalue weighted by Gasteiger charge is -2.27. The number of anilines is 1. The van der Waals surface area contributed by atoms with Gasteiger partial charge in [0.05, 0.1) is 17.3 Å². The molecule has 3 aromatic heterocycles. The fraction of sp³-hybridized carbons (Fsp3) is 0.188. The third kappa shape index (κ3) is 3.26. The Labute approximate surface area is 159 Å². The van der Waals surface area contributed by atoms with Crippen LogP contribution in [0.25, 0.3) is 21.1 Å². The number of rotatable bonds is 3. The molecule has 0 spiro atoms. The monoisotopic (exact) mass is 402 g/mol. The van der Waals surface area contributed by atoms with E-state index in [4.69, 9.17) is 0 Å². The predicted octanol–water partition coefficient (Wildman–Crippen LogP) is 2.01. The van der Waals surface area contributed by atoms with Crippen molar-refractivity contribution in [2.75, 3.05) is 17.1 Å². The van der Waals surface area contributed by atoms with E-state index in [9.17, 15) is 13.6 Å². The minimum Gasteiger partial charge on any atom is -0.411 e. The summed E-state index contributed by atoms with van der Waals surface area (Å²) < 4.78 is 25.2. The van der Waals surface area contributed by atoms with Gasteiger partial charge >= 0.3 is 0 Å². The molecule has 9 nitrogen and oxygen atoms in total. The average Bonchev–Trinajstić information content (AvgIpc) is 3.17. The van der Waals surface area contributed by atoms with Crippen molar-refractivity contribution < 1.29 is 13.6 Å². The van der Waals surface area contributed by atoms with Gasteiger partial charge in [0.1, 0.15) is 22.1 Å². The van der Waals surface area contributed by atoms with E-state index in [1.807, 2.05) is 12.1 Å². The van der Waals surface area contributed by atoms with E-state index < -0.39 is 10.0 Å². The molecule has 0 saturated heterocycles. The fourth-order valence-electron chi connectivity index (χ4n) is 2.74. The minimum atomic E-state index is -3.50. The van der Waals surface area contributed by atoms with Crippen LogP contribution in [0.1, 0.15) is 12.1 Å². The maximum Gasteiger partial charge on any atom is 0.233 e. The van der Waals surface area contributed by atoms with Crippen molar-refractivity contribution in [3.8, 4) is 21.1 Å². The molecule has 0 unspecified atom stereocenters. The van der Waals surface area contributed by atoms with E-state index in [1.54, 1.807) is 18.6 Å². The topological polar surface area (TPSA) is 122 Å². The van der Waals surface area contributed by atoms with Crippen LogP contribution in [0.15, 0.2) is 42.1 Å². The van der Waals surface area contributed by atoms with E-state index in [1.165, 1.54) is 21.8 Å². The van der Waals surface area contributed by atoms with Gasteiger partial charge in [0.2, 0.25) is 10.0 Å². The Morgan fingerprint density at radius 2 is 2.11 bits per heavy atom. The van der Waals surface area contributed by atoms with Crippen molar-refractivity contribution in [3.63, 3.8) is 0 Å². The van der Waals surface area contributed by atoms with Crippen LogP contribution in [0.3, 0.4) is 0 Å². The second-order valence-corrected chi connectivity index (χ2v) is 8.77. The predicted molar refractivity (Wildman–Crippen MR) is 102 cm³/mol. The Bertz CT molecular complexity index is 1130. The van der Waals surface area contributed by atoms with Gasteiger partial charge in [-0.25, -0.2) is 23.4 Å². The maximum atomic E-state index is 12.0. The molecule has 4 heterocycles. The highest BCUT2D eigenvalue weighted by molar-refractivity contribution is 7.92. The summed E-state index contributed by atoms with van der Waals surface area (Å²) in [5, 5.41) is 13.3. The molecular formula is C16H14N6O3S2. The lowest BCUT2D eigenvalue weighted by molar-refractivity contribution is 0.317. The first-order valence-electron chi connectivity index (χ1n) is 7.90. The molecular weight excluding hydrogens is 388 g/mol. The summed E-state index contributed by atoms with van der Waals surface area (Å²) in [6, 6.07) is 3.74. The number of nitrogens with zero attached hydrogens (tertiary/aromatic N) is 6. The number of aromatic nitrogens is 4. The molecule has 0 saturated carbocycles. The number of oxime groups is 1. The summed E-state index contributed by atoms with van der Waals surface area (Å²) in [7, 11) is -3.50. The SMILES string of the molecule is CS(=O)(=O)N1CC/C(=N\O)c2nc(-c3cnc(-c4cccnc4)s3)cnc21. The molecule has 11 heteroatoms. The van der Waals surface area contributed by atoms with Crippen molar-refractivity contribution >= 4 is 32.9 Å². The van der Waals surface area contributed by atoms with Crippen LogP contribution in [0, 0.1) is 0 Å². The first-order chi connectivity index (χ1) is 13.0. The minimum absolute atomic E-state index is 0.158. The zero-order chi connectivity index (χ0) is 19.0. The Hall–Kier alpha value is -2.92. The quantitative estimate of drug-likeness (QED) is 0.525. The van der Waals surface area contributed by atoms with E-state index >= 15 is 0 Å². The normalized spacial score (nSPS) is 15.7. The van der Waals surface area contributed by atoms with E-state index in [0.717, 1.165) is 21.7 Å². The number of fused-ring (bicyclic) bond motifs is 1. The number of hydrogen-bond acceptors (Lipinski definition) is 9. The first kappa shape index (κ1) is 17.5. The van der Waals surface area contributed by atoms with Crippen LogP contribution >= 0.6 is 11.3 Å². The van der Waals surface area contributed by atoms with Gasteiger partial charge in [-0.05, 0) is 12.1 Å². The van der Waals surface area contributed by atoms with E-state index in [2.05, 4.69) is 25.1 Å². The molecule has 3 aromatic rings. The van der Waals surface area contributed by atoms with Crippen molar-refractivity contribution in [3.05, 3.63) is 42.6 Å². The van der Waals surface area contributed by atoms with E-state index in [0.29, 0.717) is 11.4 Å². The largest absolute Gasteiger partial charge is 0.411 e. The van der Waals surface area contributed by atoms with Gasteiger partial charge in [-0.3, -0.25) is 9.29 Å². The smallest absolute Gasteiger partial charge is 0.233 e. The number of sulfonamides is 1. The van der Waals surface area contributed by atoms with Crippen LogP contribution in [-0.4, -0.2) is 52.1 Å². The van der Waals surface area contributed by atoms with Gasteiger partial charge in [0, 0.05) is 37.1 Å². The molecule has 1 aliphatic heterocycles. The second kappa shape index (κ2) is 6.67. The van der Waals surface area contributed by atoms with Crippen molar-refractivity contribution in [2.24, 2.45) is 5.16 Å². The molecule has 0 atom stereocenters. The molecule has 0 bridgehead atoms. The van der Waals surface area contributed by atoms with Crippen LogP contribution in [0.4, 0.5) is 5.82 Å². The zero-order valence-corrected chi connectivity index (χ0v) is 15.8. The third-order valence-electron chi connectivity index (χ3n) is 4.00. The summed E-state index contributed by atoms with van der Waals surface area (Å²) in [6.45, 7) is 0.158. The molecule has 138 valence electrons.